The van der Waals surface area contributed by atoms with Gasteiger partial charge in [-0.05, 0) is 25.5 Å². The lowest BCUT2D eigenvalue weighted by Gasteiger charge is -2.27. The van der Waals surface area contributed by atoms with Crippen LogP contribution in [-0.4, -0.2) is 38.7 Å². The summed E-state index contributed by atoms with van der Waals surface area (Å²) in [6, 6.07) is 10.5. The summed E-state index contributed by atoms with van der Waals surface area (Å²) >= 11 is 1.49. The van der Waals surface area contributed by atoms with Gasteiger partial charge in [0, 0.05) is 17.1 Å². The topological polar surface area (TPSA) is 73.4 Å². The number of hydrogen-bond donors (Lipinski definition) is 2. The number of nitrogens with one attached hydrogen (secondary N) is 1. The number of aryl methyl sites for hydroxylation is 2. The normalized spacial score (nSPS) is 20.7. The Morgan fingerprint density at radius 2 is 1.96 bits per heavy atom. The molecule has 0 bridgehead atoms. The van der Waals surface area contributed by atoms with Crippen LogP contribution >= 0.6 is 11.8 Å². The first kappa shape index (κ1) is 15.7. The minimum atomic E-state index is -0.964. The maximum absolute atomic E-state index is 13.0. The summed E-state index contributed by atoms with van der Waals surface area (Å²) in [6.45, 7) is 3.71. The summed E-state index contributed by atoms with van der Waals surface area (Å²) in [7, 11) is 0. The molecule has 2 unspecified atom stereocenters. The molecule has 1 aromatic carbocycles. The summed E-state index contributed by atoms with van der Waals surface area (Å²) in [5, 5.41) is 9.23. The van der Waals surface area contributed by atoms with E-state index in [0.29, 0.717) is 11.3 Å². The number of carbonyl (C=O) groups is 2. The van der Waals surface area contributed by atoms with E-state index in [2.05, 4.69) is 4.98 Å². The van der Waals surface area contributed by atoms with Crippen molar-refractivity contribution in [2.75, 3.05) is 5.75 Å². The highest BCUT2D eigenvalue weighted by atomic mass is 32.2. The van der Waals surface area contributed by atoms with Crippen LogP contribution in [0.1, 0.15) is 32.7 Å². The van der Waals surface area contributed by atoms with Crippen LogP contribution in [-0.2, 0) is 4.79 Å². The van der Waals surface area contributed by atoms with Crippen molar-refractivity contribution < 1.29 is 14.7 Å². The Balaban J connectivity index is 2.01. The number of carbonyl (C=O) groups excluding carboxylic acids is 1. The Labute approximate surface area is 138 Å². The van der Waals surface area contributed by atoms with E-state index in [1.165, 1.54) is 16.7 Å². The van der Waals surface area contributed by atoms with Crippen LogP contribution in [0.25, 0.3) is 0 Å². The number of thioether (sulfide) groups is 1. The van der Waals surface area contributed by atoms with Gasteiger partial charge in [-0.1, -0.05) is 30.3 Å². The van der Waals surface area contributed by atoms with E-state index in [-0.39, 0.29) is 11.3 Å². The van der Waals surface area contributed by atoms with E-state index in [9.17, 15) is 14.7 Å². The zero-order valence-electron chi connectivity index (χ0n) is 12.9. The molecular weight excluding hydrogens is 312 g/mol. The van der Waals surface area contributed by atoms with Gasteiger partial charge in [0.1, 0.15) is 11.4 Å². The van der Waals surface area contributed by atoms with Crippen LogP contribution in [0, 0.1) is 13.8 Å². The molecule has 1 amide bonds. The third-order valence-electron chi connectivity index (χ3n) is 3.98. The number of nitrogens with zero attached hydrogens (tertiary/aromatic N) is 1. The highest BCUT2D eigenvalue weighted by molar-refractivity contribution is 7.99. The van der Waals surface area contributed by atoms with Crippen LogP contribution in [0.3, 0.4) is 0 Å². The zero-order chi connectivity index (χ0) is 16.6. The van der Waals surface area contributed by atoms with Crippen LogP contribution in [0.5, 0.6) is 0 Å². The number of aromatic nitrogens is 1. The fourth-order valence-corrected chi connectivity index (χ4v) is 4.32. The van der Waals surface area contributed by atoms with Crippen LogP contribution in [0.4, 0.5) is 0 Å². The Kier molecular flexibility index (Phi) is 4.17. The van der Waals surface area contributed by atoms with Crippen molar-refractivity contribution in [3.8, 4) is 0 Å². The van der Waals surface area contributed by atoms with Crippen LogP contribution in [0.15, 0.2) is 36.4 Å². The minimum Gasteiger partial charge on any atom is -0.480 e. The quantitative estimate of drug-likeness (QED) is 0.907. The molecule has 23 heavy (non-hydrogen) atoms. The number of aromatic amines is 1. The number of hydrogen-bond acceptors (Lipinski definition) is 3. The Hall–Kier alpha value is -2.21. The first-order valence-corrected chi connectivity index (χ1v) is 8.42. The molecule has 120 valence electrons. The maximum Gasteiger partial charge on any atom is 0.327 e. The van der Waals surface area contributed by atoms with Gasteiger partial charge in [0.2, 0.25) is 0 Å². The third kappa shape index (κ3) is 2.86. The average Bonchev–Trinajstić information content (AvgIpc) is 3.11. The minimum absolute atomic E-state index is 0.238. The molecule has 1 aromatic heterocycles. The molecule has 0 spiro atoms. The number of amides is 1. The van der Waals surface area contributed by atoms with Crippen molar-refractivity contribution in [1.82, 2.24) is 9.88 Å². The molecule has 2 N–H and O–H groups in total. The number of H-pyrrole nitrogens is 1. The third-order valence-corrected chi connectivity index (χ3v) is 5.31. The van der Waals surface area contributed by atoms with E-state index >= 15 is 0 Å². The number of aliphatic carboxylic acids is 1. The molecule has 2 atom stereocenters. The van der Waals surface area contributed by atoms with E-state index in [1.54, 1.807) is 6.07 Å². The molecule has 3 rings (SSSR count). The van der Waals surface area contributed by atoms with Gasteiger partial charge >= 0.3 is 5.97 Å². The van der Waals surface area contributed by atoms with Crippen molar-refractivity contribution >= 4 is 23.6 Å². The Morgan fingerprint density at radius 3 is 2.52 bits per heavy atom. The van der Waals surface area contributed by atoms with E-state index in [1.807, 2.05) is 44.2 Å². The fourth-order valence-electron chi connectivity index (χ4n) is 2.90. The van der Waals surface area contributed by atoms with Gasteiger partial charge in [-0.15, -0.1) is 11.8 Å². The van der Waals surface area contributed by atoms with Crippen molar-refractivity contribution in [1.29, 1.82) is 0 Å². The van der Waals surface area contributed by atoms with Gasteiger partial charge in [0.05, 0.1) is 5.56 Å². The van der Waals surface area contributed by atoms with Gasteiger partial charge < -0.3 is 15.0 Å². The first-order valence-electron chi connectivity index (χ1n) is 7.37. The molecule has 2 heterocycles. The van der Waals surface area contributed by atoms with Gasteiger partial charge in [0.25, 0.3) is 5.91 Å². The molecule has 0 radical (unpaired) electrons. The molecular formula is C17H18N2O3S. The summed E-state index contributed by atoms with van der Waals surface area (Å²) < 4.78 is 0. The maximum atomic E-state index is 13.0. The SMILES string of the molecule is Cc1cc(C(=O)N2C(C(=O)O)CSC2c2ccccc2)c(C)[nH]1. The predicted molar refractivity (Wildman–Crippen MR) is 89.5 cm³/mol. The van der Waals surface area contributed by atoms with Gasteiger partial charge in [-0.2, -0.15) is 0 Å². The molecule has 1 aliphatic rings. The number of benzene rings is 1. The second-order valence-electron chi connectivity index (χ2n) is 5.65. The van der Waals surface area contributed by atoms with Gasteiger partial charge in [0.15, 0.2) is 0 Å². The van der Waals surface area contributed by atoms with Crippen molar-refractivity contribution in [2.45, 2.75) is 25.3 Å². The van der Waals surface area contributed by atoms with Crippen LogP contribution < -0.4 is 0 Å². The second-order valence-corrected chi connectivity index (χ2v) is 6.77. The molecule has 6 heteroatoms. The smallest absolute Gasteiger partial charge is 0.327 e. The lowest BCUT2D eigenvalue weighted by atomic mass is 10.1. The molecule has 1 saturated heterocycles. The Morgan fingerprint density at radius 1 is 1.26 bits per heavy atom. The van der Waals surface area contributed by atoms with Gasteiger partial charge in [-0.3, -0.25) is 4.79 Å². The predicted octanol–water partition coefficient (Wildman–Crippen LogP) is 2.97. The second kappa shape index (κ2) is 6.12. The molecule has 1 fully saturated rings. The van der Waals surface area contributed by atoms with E-state index < -0.39 is 12.0 Å². The van der Waals surface area contributed by atoms with Gasteiger partial charge in [-0.25, -0.2) is 4.79 Å². The van der Waals surface area contributed by atoms with Crippen molar-refractivity contribution in [3.05, 3.63) is 58.9 Å². The number of rotatable bonds is 3. The highest BCUT2D eigenvalue weighted by Crippen LogP contribution is 2.42. The zero-order valence-corrected chi connectivity index (χ0v) is 13.8. The monoisotopic (exact) mass is 330 g/mol. The number of carboxylic acids is 1. The standard InChI is InChI=1S/C17H18N2O3S/c1-10-8-13(11(2)18-10)15(20)19-14(17(21)22)9-23-16(19)12-6-4-3-5-7-12/h3-8,14,16,18H,9H2,1-2H3,(H,21,22). The summed E-state index contributed by atoms with van der Waals surface area (Å²) in [5.41, 5.74) is 3.14. The summed E-state index contributed by atoms with van der Waals surface area (Å²) in [6.07, 6.45) is 0. The van der Waals surface area contributed by atoms with Crippen LogP contribution in [0.2, 0.25) is 0 Å². The lowest BCUT2D eigenvalue weighted by molar-refractivity contribution is -0.141. The largest absolute Gasteiger partial charge is 0.480 e. The Bertz CT molecular complexity index is 742. The molecule has 0 aliphatic carbocycles. The molecule has 1 aliphatic heterocycles. The van der Waals surface area contributed by atoms with E-state index in [4.69, 9.17) is 0 Å². The fraction of sp³-hybridized carbons (Fsp3) is 0.294. The average molecular weight is 330 g/mol. The van der Waals surface area contributed by atoms with E-state index in [0.717, 1.165) is 17.0 Å². The van der Waals surface area contributed by atoms with Crippen molar-refractivity contribution in [2.24, 2.45) is 0 Å². The molecule has 5 nitrogen and oxygen atoms in total. The van der Waals surface area contributed by atoms with Crippen molar-refractivity contribution in [3.63, 3.8) is 0 Å². The summed E-state index contributed by atoms with van der Waals surface area (Å²) in [5.74, 6) is -0.810. The molecule has 2 aromatic rings. The first-order chi connectivity index (χ1) is 11.0. The highest BCUT2D eigenvalue weighted by Gasteiger charge is 2.43. The number of carboxylic acid groups (broad SMARTS) is 1. The summed E-state index contributed by atoms with van der Waals surface area (Å²) in [4.78, 5) is 29.2. The lowest BCUT2D eigenvalue weighted by Crippen LogP contribution is -2.43. The molecule has 0 saturated carbocycles.